The molecule has 1 N–H and O–H groups in total. The number of rotatable bonds is 8. The van der Waals surface area contributed by atoms with E-state index < -0.39 is 15.8 Å². The highest BCUT2D eigenvalue weighted by Gasteiger charge is 2.41. The van der Waals surface area contributed by atoms with Crippen molar-refractivity contribution in [3.63, 3.8) is 0 Å². The molecule has 3 aliphatic rings. The van der Waals surface area contributed by atoms with E-state index in [1.165, 1.54) is 6.26 Å². The third-order valence-corrected chi connectivity index (χ3v) is 8.98. The van der Waals surface area contributed by atoms with Gasteiger partial charge >= 0.3 is 0 Å². The first-order chi connectivity index (χ1) is 14.9. The molecule has 0 aliphatic heterocycles. The summed E-state index contributed by atoms with van der Waals surface area (Å²) in [6.07, 6.45) is 7.20. The minimum atomic E-state index is -3.30. The van der Waals surface area contributed by atoms with Gasteiger partial charge in [-0.05, 0) is 67.6 Å². The fourth-order valence-electron chi connectivity index (χ4n) is 4.62. The molecule has 3 fully saturated rings. The van der Waals surface area contributed by atoms with Crippen LogP contribution in [0.15, 0.2) is 39.9 Å². The maximum atomic E-state index is 13.2. The first-order valence-electron chi connectivity index (χ1n) is 11.0. The van der Waals surface area contributed by atoms with Gasteiger partial charge in [-0.25, -0.2) is 8.42 Å². The first-order valence-corrected chi connectivity index (χ1v) is 12.6. The molecule has 1 aromatic carbocycles. The molecule has 1 aromatic heterocycles. The second kappa shape index (κ2) is 7.89. The Bertz CT molecular complexity index is 1100. The molecule has 1 heterocycles. The van der Waals surface area contributed by atoms with E-state index in [2.05, 4.69) is 10.5 Å². The summed E-state index contributed by atoms with van der Waals surface area (Å²) >= 11 is 0. The standard InChI is InChI=1S/C23H26N2O5S/c26-17-5-1-14(11-17)12-20(23(27)24-22-9-10-30-25-22)16-4-8-21(19(13-16)15-2-3-15)31(28,29)18-6-7-18/h4,8-10,13-15,18,20H,1-3,5-7,11-12H2,(H,24,25,27)/t14-,20+/m0/s1. The number of nitrogens with one attached hydrogen (secondary N) is 1. The Kier molecular flexibility index (Phi) is 5.20. The van der Waals surface area contributed by atoms with Gasteiger partial charge in [0.25, 0.3) is 0 Å². The molecule has 0 bridgehead atoms. The summed E-state index contributed by atoms with van der Waals surface area (Å²) in [6.45, 7) is 0. The van der Waals surface area contributed by atoms with E-state index in [1.807, 2.05) is 6.07 Å². The van der Waals surface area contributed by atoms with Crippen molar-refractivity contribution in [3.05, 3.63) is 41.7 Å². The van der Waals surface area contributed by atoms with Gasteiger partial charge in [-0.15, -0.1) is 0 Å². The van der Waals surface area contributed by atoms with Crippen molar-refractivity contribution in [2.75, 3.05) is 5.32 Å². The lowest BCUT2D eigenvalue weighted by atomic mass is 9.86. The fraction of sp³-hybridized carbons (Fsp3) is 0.522. The number of ketones is 1. The van der Waals surface area contributed by atoms with Crippen molar-refractivity contribution in [1.82, 2.24) is 5.16 Å². The fourth-order valence-corrected chi connectivity index (χ4v) is 6.55. The average Bonchev–Trinajstić information content (AvgIpc) is 3.67. The largest absolute Gasteiger partial charge is 0.363 e. The summed E-state index contributed by atoms with van der Waals surface area (Å²) < 4.78 is 30.7. The van der Waals surface area contributed by atoms with Gasteiger partial charge in [0, 0.05) is 18.9 Å². The van der Waals surface area contributed by atoms with Gasteiger partial charge in [0.2, 0.25) is 5.91 Å². The van der Waals surface area contributed by atoms with Gasteiger partial charge in [-0.2, -0.15) is 0 Å². The van der Waals surface area contributed by atoms with Crippen LogP contribution in [0.25, 0.3) is 0 Å². The van der Waals surface area contributed by atoms with Crippen molar-refractivity contribution in [3.8, 4) is 0 Å². The van der Waals surface area contributed by atoms with E-state index in [-0.39, 0.29) is 28.8 Å². The number of hydrogen-bond donors (Lipinski definition) is 1. The van der Waals surface area contributed by atoms with Crippen LogP contribution in [0.2, 0.25) is 0 Å². The summed E-state index contributed by atoms with van der Waals surface area (Å²) in [5.74, 6) is 0.282. The van der Waals surface area contributed by atoms with E-state index in [4.69, 9.17) is 4.52 Å². The molecule has 0 saturated heterocycles. The van der Waals surface area contributed by atoms with E-state index in [0.29, 0.717) is 30.0 Å². The van der Waals surface area contributed by atoms with E-state index in [1.54, 1.807) is 18.2 Å². The Hall–Kier alpha value is -2.48. The molecule has 1 amide bonds. The number of amides is 1. The number of carbonyl (C=O) groups is 2. The smallest absolute Gasteiger partial charge is 0.233 e. The third kappa shape index (κ3) is 4.31. The van der Waals surface area contributed by atoms with Gasteiger partial charge in [0.1, 0.15) is 12.0 Å². The lowest BCUT2D eigenvalue weighted by molar-refractivity contribution is -0.119. The Balaban J connectivity index is 1.48. The van der Waals surface area contributed by atoms with Crippen LogP contribution in [0.5, 0.6) is 0 Å². The number of anilines is 1. The van der Waals surface area contributed by atoms with Gasteiger partial charge in [0.15, 0.2) is 15.7 Å². The first kappa shape index (κ1) is 20.4. The number of sulfone groups is 1. The topological polar surface area (TPSA) is 106 Å². The Labute approximate surface area is 181 Å². The molecule has 0 spiro atoms. The van der Waals surface area contributed by atoms with E-state index in [0.717, 1.165) is 43.2 Å². The highest BCUT2D eigenvalue weighted by atomic mass is 32.2. The van der Waals surface area contributed by atoms with Gasteiger partial charge in [0.05, 0.1) is 16.1 Å². The zero-order chi connectivity index (χ0) is 21.6. The summed E-state index contributed by atoms with van der Waals surface area (Å²) in [7, 11) is -3.30. The van der Waals surface area contributed by atoms with Crippen LogP contribution in [0.4, 0.5) is 5.82 Å². The van der Waals surface area contributed by atoms with Crippen LogP contribution in [0.1, 0.15) is 74.3 Å². The van der Waals surface area contributed by atoms with Gasteiger partial charge in [-0.3, -0.25) is 9.59 Å². The van der Waals surface area contributed by atoms with Crippen LogP contribution < -0.4 is 5.32 Å². The Morgan fingerprint density at radius 2 is 1.97 bits per heavy atom. The molecule has 0 radical (unpaired) electrons. The molecule has 164 valence electrons. The SMILES string of the molecule is O=C1CC[C@H](C[C@@H](C(=O)Nc2ccon2)c2ccc(S(=O)(=O)C3CC3)c(C3CC3)c2)C1. The molecule has 3 aliphatic carbocycles. The molecular weight excluding hydrogens is 416 g/mol. The highest BCUT2D eigenvalue weighted by molar-refractivity contribution is 7.92. The third-order valence-electron chi connectivity index (χ3n) is 6.65. The Morgan fingerprint density at radius 3 is 2.58 bits per heavy atom. The number of nitrogens with zero attached hydrogens (tertiary/aromatic N) is 1. The molecule has 5 rings (SSSR count). The molecule has 8 heteroatoms. The monoisotopic (exact) mass is 442 g/mol. The lowest BCUT2D eigenvalue weighted by Gasteiger charge is -2.21. The van der Waals surface area contributed by atoms with Crippen molar-refractivity contribution >= 4 is 27.3 Å². The van der Waals surface area contributed by atoms with Crippen LogP contribution in [0.3, 0.4) is 0 Å². The number of Topliss-reactive ketones (excluding diaryl/α,β-unsaturated/α-hetero) is 1. The molecule has 2 aromatic rings. The number of carbonyl (C=O) groups excluding carboxylic acids is 2. The predicted octanol–water partition coefficient (Wildman–Crippen LogP) is 3.97. The molecular formula is C23H26N2O5S. The van der Waals surface area contributed by atoms with Gasteiger partial charge < -0.3 is 9.84 Å². The van der Waals surface area contributed by atoms with Crippen molar-refractivity contribution in [2.24, 2.45) is 5.92 Å². The Morgan fingerprint density at radius 1 is 1.16 bits per heavy atom. The maximum Gasteiger partial charge on any atom is 0.233 e. The second-order valence-electron chi connectivity index (χ2n) is 9.13. The maximum absolute atomic E-state index is 13.2. The predicted molar refractivity (Wildman–Crippen MR) is 113 cm³/mol. The lowest BCUT2D eigenvalue weighted by Crippen LogP contribution is -2.24. The minimum absolute atomic E-state index is 0.153. The summed E-state index contributed by atoms with van der Waals surface area (Å²) in [6, 6.07) is 6.99. The minimum Gasteiger partial charge on any atom is -0.363 e. The van der Waals surface area contributed by atoms with Gasteiger partial charge in [-0.1, -0.05) is 17.3 Å². The summed E-state index contributed by atoms with van der Waals surface area (Å²) in [5.41, 5.74) is 1.66. The zero-order valence-electron chi connectivity index (χ0n) is 17.2. The molecule has 31 heavy (non-hydrogen) atoms. The highest BCUT2D eigenvalue weighted by Crippen LogP contribution is 2.47. The van der Waals surface area contributed by atoms with Crippen molar-refractivity contribution < 1.29 is 22.5 Å². The number of aromatic nitrogens is 1. The van der Waals surface area contributed by atoms with Crippen LogP contribution >= 0.6 is 0 Å². The second-order valence-corrected chi connectivity index (χ2v) is 11.3. The normalized spacial score (nSPS) is 22.5. The quantitative estimate of drug-likeness (QED) is 0.663. The van der Waals surface area contributed by atoms with Crippen molar-refractivity contribution in [2.45, 2.75) is 73.3 Å². The van der Waals surface area contributed by atoms with Crippen LogP contribution in [-0.4, -0.2) is 30.5 Å². The molecule has 0 unspecified atom stereocenters. The molecule has 2 atom stereocenters. The van der Waals surface area contributed by atoms with Crippen molar-refractivity contribution in [1.29, 1.82) is 0 Å². The van der Waals surface area contributed by atoms with E-state index in [9.17, 15) is 18.0 Å². The summed E-state index contributed by atoms with van der Waals surface area (Å²) in [4.78, 5) is 25.4. The number of hydrogen-bond acceptors (Lipinski definition) is 6. The van der Waals surface area contributed by atoms with Crippen LogP contribution in [-0.2, 0) is 19.4 Å². The van der Waals surface area contributed by atoms with E-state index >= 15 is 0 Å². The zero-order valence-corrected chi connectivity index (χ0v) is 18.1. The molecule has 7 nitrogen and oxygen atoms in total. The van der Waals surface area contributed by atoms with Crippen LogP contribution in [0, 0.1) is 5.92 Å². The molecule has 3 saturated carbocycles. The average molecular weight is 443 g/mol. The summed E-state index contributed by atoms with van der Waals surface area (Å²) in [5, 5.41) is 6.30. The number of benzene rings is 1.